The molecule has 3 rings (SSSR count). The molecule has 6 nitrogen and oxygen atoms in total. The minimum Gasteiger partial charge on any atom is -0.325 e. The lowest BCUT2D eigenvalue weighted by Crippen LogP contribution is -2.53. The smallest absolute Gasteiger partial charge is 0.320 e. The van der Waals surface area contributed by atoms with E-state index in [1.54, 1.807) is 18.5 Å². The van der Waals surface area contributed by atoms with Gasteiger partial charge in [0.1, 0.15) is 6.04 Å². The monoisotopic (exact) mass is 261 g/mol. The van der Waals surface area contributed by atoms with Crippen molar-refractivity contribution < 1.29 is 4.79 Å². The molecule has 2 fully saturated rings. The van der Waals surface area contributed by atoms with Crippen LogP contribution in [0.25, 0.3) is 0 Å². The number of nitrogens with one attached hydrogen (secondary N) is 1. The van der Waals surface area contributed by atoms with Gasteiger partial charge in [0.25, 0.3) is 0 Å². The molecule has 2 aliphatic heterocycles. The second kappa shape index (κ2) is 5.52. The van der Waals surface area contributed by atoms with E-state index < -0.39 is 0 Å². The first-order valence-corrected chi connectivity index (χ1v) is 6.89. The zero-order valence-corrected chi connectivity index (χ0v) is 11.0. The van der Waals surface area contributed by atoms with Gasteiger partial charge in [0.2, 0.25) is 0 Å². The minimum atomic E-state index is -0.0527. The normalized spacial score (nSPS) is 23.7. The SMILES string of the molecule is O=C(N1CCCC1)N1CCNCC1c1ncccn1. The van der Waals surface area contributed by atoms with Gasteiger partial charge in [0, 0.05) is 45.1 Å². The summed E-state index contributed by atoms with van der Waals surface area (Å²) >= 11 is 0. The quantitative estimate of drug-likeness (QED) is 0.806. The molecule has 0 radical (unpaired) electrons. The predicted octanol–water partition coefficient (Wildman–Crippen LogP) is 0.639. The molecule has 6 heteroatoms. The Morgan fingerprint density at radius 1 is 1.21 bits per heavy atom. The van der Waals surface area contributed by atoms with Crippen LogP contribution < -0.4 is 5.32 Å². The van der Waals surface area contributed by atoms with Crippen molar-refractivity contribution >= 4 is 6.03 Å². The Labute approximate surface area is 112 Å². The standard InChI is InChI=1S/C13H19N5O/c19-13(17-7-1-2-8-17)18-9-6-14-10-11(18)12-15-4-3-5-16-12/h3-5,11,14H,1-2,6-10H2. The topological polar surface area (TPSA) is 61.4 Å². The third-order valence-electron chi connectivity index (χ3n) is 3.75. The lowest BCUT2D eigenvalue weighted by atomic mass is 10.2. The molecule has 0 saturated carbocycles. The third kappa shape index (κ3) is 2.53. The number of aromatic nitrogens is 2. The summed E-state index contributed by atoms with van der Waals surface area (Å²) in [6.45, 7) is 4.04. The number of hydrogen-bond donors (Lipinski definition) is 1. The highest BCUT2D eigenvalue weighted by Gasteiger charge is 2.33. The zero-order valence-electron chi connectivity index (χ0n) is 11.0. The number of rotatable bonds is 1. The van der Waals surface area contributed by atoms with E-state index in [2.05, 4.69) is 15.3 Å². The second-order valence-electron chi connectivity index (χ2n) is 5.00. The van der Waals surface area contributed by atoms with Gasteiger partial charge >= 0.3 is 6.03 Å². The highest BCUT2D eigenvalue weighted by Crippen LogP contribution is 2.21. The van der Waals surface area contributed by atoms with E-state index in [9.17, 15) is 4.79 Å². The fourth-order valence-corrected chi connectivity index (χ4v) is 2.74. The van der Waals surface area contributed by atoms with Gasteiger partial charge in [0.15, 0.2) is 5.82 Å². The molecule has 1 aromatic rings. The van der Waals surface area contributed by atoms with Crippen LogP contribution in [0.15, 0.2) is 18.5 Å². The van der Waals surface area contributed by atoms with Crippen LogP contribution in [0.3, 0.4) is 0 Å². The molecule has 0 bridgehead atoms. The minimum absolute atomic E-state index is 0.0527. The van der Waals surface area contributed by atoms with Gasteiger partial charge in [0.05, 0.1) is 0 Å². The van der Waals surface area contributed by atoms with Crippen LogP contribution in [0.4, 0.5) is 4.79 Å². The lowest BCUT2D eigenvalue weighted by Gasteiger charge is -2.37. The van der Waals surface area contributed by atoms with Crippen molar-refractivity contribution in [3.63, 3.8) is 0 Å². The molecule has 0 spiro atoms. The Bertz CT molecular complexity index is 432. The Kier molecular flexibility index (Phi) is 3.59. The van der Waals surface area contributed by atoms with E-state index in [1.165, 1.54) is 0 Å². The fraction of sp³-hybridized carbons (Fsp3) is 0.615. The van der Waals surface area contributed by atoms with Crippen LogP contribution in [0, 0.1) is 0 Å². The summed E-state index contributed by atoms with van der Waals surface area (Å²) in [7, 11) is 0. The second-order valence-corrected chi connectivity index (χ2v) is 5.00. The van der Waals surface area contributed by atoms with Crippen LogP contribution in [0.1, 0.15) is 24.7 Å². The summed E-state index contributed by atoms with van der Waals surface area (Å²) in [5, 5.41) is 3.32. The summed E-state index contributed by atoms with van der Waals surface area (Å²) in [6, 6.07) is 1.88. The molecule has 1 aromatic heterocycles. The first-order chi connectivity index (χ1) is 9.36. The Morgan fingerprint density at radius 3 is 2.68 bits per heavy atom. The largest absolute Gasteiger partial charge is 0.325 e. The van der Waals surface area contributed by atoms with Crippen LogP contribution in [-0.4, -0.2) is 58.5 Å². The molecule has 3 heterocycles. The first kappa shape index (κ1) is 12.3. The number of amides is 2. The van der Waals surface area contributed by atoms with E-state index in [4.69, 9.17) is 0 Å². The highest BCUT2D eigenvalue weighted by atomic mass is 16.2. The molecule has 2 aliphatic rings. The molecule has 1 atom stereocenters. The van der Waals surface area contributed by atoms with Crippen molar-refractivity contribution in [3.8, 4) is 0 Å². The van der Waals surface area contributed by atoms with Crippen LogP contribution >= 0.6 is 0 Å². The van der Waals surface area contributed by atoms with E-state index in [-0.39, 0.29) is 12.1 Å². The maximum Gasteiger partial charge on any atom is 0.320 e. The van der Waals surface area contributed by atoms with E-state index in [0.29, 0.717) is 0 Å². The van der Waals surface area contributed by atoms with Gasteiger partial charge in [-0.3, -0.25) is 0 Å². The molecule has 19 heavy (non-hydrogen) atoms. The molecule has 0 aromatic carbocycles. The van der Waals surface area contributed by atoms with Crippen molar-refractivity contribution in [2.45, 2.75) is 18.9 Å². The molecular weight excluding hydrogens is 242 g/mol. The first-order valence-electron chi connectivity index (χ1n) is 6.89. The summed E-state index contributed by atoms with van der Waals surface area (Å²) in [5.74, 6) is 0.724. The van der Waals surface area contributed by atoms with E-state index >= 15 is 0 Å². The molecular formula is C13H19N5O. The van der Waals surface area contributed by atoms with Gasteiger partial charge in [-0.2, -0.15) is 0 Å². The van der Waals surface area contributed by atoms with Crippen molar-refractivity contribution in [1.29, 1.82) is 0 Å². The van der Waals surface area contributed by atoms with Gasteiger partial charge in [-0.25, -0.2) is 14.8 Å². The molecule has 0 aliphatic carbocycles. The summed E-state index contributed by atoms with van der Waals surface area (Å²) in [5.41, 5.74) is 0. The Morgan fingerprint density at radius 2 is 1.95 bits per heavy atom. The summed E-state index contributed by atoms with van der Waals surface area (Å²) in [6.07, 6.45) is 5.69. The van der Waals surface area contributed by atoms with Gasteiger partial charge < -0.3 is 15.1 Å². The summed E-state index contributed by atoms with van der Waals surface area (Å²) in [4.78, 5) is 25.0. The number of nitrogens with zero attached hydrogens (tertiary/aromatic N) is 4. The predicted molar refractivity (Wildman–Crippen MR) is 70.6 cm³/mol. The number of hydrogen-bond acceptors (Lipinski definition) is 4. The lowest BCUT2D eigenvalue weighted by molar-refractivity contribution is 0.125. The molecule has 1 N–H and O–H groups in total. The fourth-order valence-electron chi connectivity index (χ4n) is 2.74. The van der Waals surface area contributed by atoms with E-state index in [0.717, 1.165) is 51.4 Å². The van der Waals surface area contributed by atoms with Crippen molar-refractivity contribution in [1.82, 2.24) is 25.1 Å². The average Bonchev–Trinajstić information content (AvgIpc) is 3.02. The molecule has 2 saturated heterocycles. The molecule has 102 valence electrons. The van der Waals surface area contributed by atoms with Gasteiger partial charge in [-0.15, -0.1) is 0 Å². The number of urea groups is 1. The van der Waals surface area contributed by atoms with Gasteiger partial charge in [-0.05, 0) is 18.9 Å². The summed E-state index contributed by atoms with van der Waals surface area (Å²) < 4.78 is 0. The van der Waals surface area contributed by atoms with Crippen molar-refractivity contribution in [2.24, 2.45) is 0 Å². The maximum absolute atomic E-state index is 12.6. The average molecular weight is 261 g/mol. The Balaban J connectivity index is 1.79. The number of carbonyl (C=O) groups is 1. The maximum atomic E-state index is 12.6. The van der Waals surface area contributed by atoms with Crippen LogP contribution in [0.5, 0.6) is 0 Å². The van der Waals surface area contributed by atoms with Crippen LogP contribution in [-0.2, 0) is 0 Å². The van der Waals surface area contributed by atoms with Crippen molar-refractivity contribution in [3.05, 3.63) is 24.3 Å². The number of carbonyl (C=O) groups excluding carboxylic acids is 1. The number of piperazine rings is 1. The van der Waals surface area contributed by atoms with Crippen molar-refractivity contribution in [2.75, 3.05) is 32.7 Å². The van der Waals surface area contributed by atoms with Crippen LogP contribution in [0.2, 0.25) is 0 Å². The molecule has 1 unspecified atom stereocenters. The molecule has 2 amide bonds. The zero-order chi connectivity index (χ0) is 13.1. The highest BCUT2D eigenvalue weighted by molar-refractivity contribution is 5.75. The third-order valence-corrected chi connectivity index (χ3v) is 3.75. The van der Waals surface area contributed by atoms with Gasteiger partial charge in [-0.1, -0.05) is 0 Å². The Hall–Kier alpha value is -1.69. The van der Waals surface area contributed by atoms with E-state index in [1.807, 2.05) is 9.80 Å². The number of likely N-dealkylation sites (tertiary alicyclic amines) is 1.